The number of hydrogen-bond acceptors (Lipinski definition) is 1. The van der Waals surface area contributed by atoms with Gasteiger partial charge in [0.25, 0.3) is 0 Å². The summed E-state index contributed by atoms with van der Waals surface area (Å²) >= 11 is 0. The van der Waals surface area contributed by atoms with Crippen LogP contribution < -0.4 is 0 Å². The molecule has 3 rings (SSSR count). The van der Waals surface area contributed by atoms with Crippen molar-refractivity contribution in [3.05, 3.63) is 35.4 Å². The highest BCUT2D eigenvalue weighted by Gasteiger charge is 2.37. The number of fused-ring (bicyclic) bond motifs is 2. The fourth-order valence-electron chi connectivity index (χ4n) is 3.45. The summed E-state index contributed by atoms with van der Waals surface area (Å²) < 4.78 is 0. The van der Waals surface area contributed by atoms with Gasteiger partial charge in [0, 0.05) is 19.6 Å². The van der Waals surface area contributed by atoms with Crippen molar-refractivity contribution in [1.82, 2.24) is 9.80 Å². The van der Waals surface area contributed by atoms with E-state index >= 15 is 0 Å². The van der Waals surface area contributed by atoms with Gasteiger partial charge in [-0.25, -0.2) is 0 Å². The van der Waals surface area contributed by atoms with E-state index < -0.39 is 0 Å². The van der Waals surface area contributed by atoms with Crippen LogP contribution in [-0.4, -0.2) is 34.9 Å². The van der Waals surface area contributed by atoms with Gasteiger partial charge in [0.15, 0.2) is 5.96 Å². The number of rotatable bonds is 5. The highest BCUT2D eigenvalue weighted by atomic mass is 35.5. The van der Waals surface area contributed by atoms with Gasteiger partial charge >= 0.3 is 0 Å². The molecule has 1 aromatic rings. The van der Waals surface area contributed by atoms with Gasteiger partial charge in [-0.15, -0.1) is 12.4 Å². The molecule has 1 fully saturated rings. The van der Waals surface area contributed by atoms with Crippen molar-refractivity contribution < 1.29 is 0 Å². The maximum atomic E-state index is 8.40. The Morgan fingerprint density at radius 1 is 1.14 bits per heavy atom. The Kier molecular flexibility index (Phi) is 5.51. The molecule has 1 N–H and O–H groups in total. The van der Waals surface area contributed by atoms with E-state index in [1.54, 1.807) is 0 Å². The van der Waals surface area contributed by atoms with Gasteiger partial charge in [-0.2, -0.15) is 0 Å². The molecule has 0 saturated carbocycles. The van der Waals surface area contributed by atoms with Crippen LogP contribution >= 0.6 is 12.4 Å². The van der Waals surface area contributed by atoms with Crippen LogP contribution in [0.5, 0.6) is 0 Å². The summed E-state index contributed by atoms with van der Waals surface area (Å²) in [7, 11) is 0. The predicted octanol–water partition coefficient (Wildman–Crippen LogP) is 3.67. The zero-order valence-corrected chi connectivity index (χ0v) is 13.7. The fraction of sp³-hybridized carbons (Fsp3) is 0.588. The third-order valence-electron chi connectivity index (χ3n) is 4.64. The van der Waals surface area contributed by atoms with Crippen molar-refractivity contribution in [2.45, 2.75) is 51.6 Å². The van der Waals surface area contributed by atoms with Gasteiger partial charge in [-0.1, -0.05) is 50.5 Å². The van der Waals surface area contributed by atoms with Crippen molar-refractivity contribution in [3.63, 3.8) is 0 Å². The highest BCUT2D eigenvalue weighted by molar-refractivity contribution is 5.85. The molecule has 0 aromatic heterocycles. The van der Waals surface area contributed by atoms with Crippen LogP contribution in [0.3, 0.4) is 0 Å². The lowest BCUT2D eigenvalue weighted by Crippen LogP contribution is -2.39. The van der Waals surface area contributed by atoms with Crippen LogP contribution in [0.2, 0.25) is 0 Å². The fourth-order valence-corrected chi connectivity index (χ4v) is 3.45. The maximum absolute atomic E-state index is 8.40. The molecule has 0 aliphatic carbocycles. The van der Waals surface area contributed by atoms with Crippen LogP contribution in [0.1, 0.15) is 43.7 Å². The first-order valence-electron chi connectivity index (χ1n) is 7.96. The largest absolute Gasteiger partial charge is 0.341 e. The Morgan fingerprint density at radius 2 is 1.90 bits per heavy atom. The molecular weight excluding hydrogens is 282 g/mol. The molecule has 0 bridgehead atoms. The van der Waals surface area contributed by atoms with Crippen molar-refractivity contribution in [3.8, 4) is 0 Å². The first kappa shape index (κ1) is 16.2. The molecule has 4 heteroatoms. The van der Waals surface area contributed by atoms with E-state index in [-0.39, 0.29) is 12.4 Å². The average Bonchev–Trinajstić information content (AvgIpc) is 2.77. The standard InChI is InChI=1S/C17H25N3.ClH/c1-2-3-4-7-10-19-13-16-11-14-8-5-6-9-15(14)12-20(16)17(19)18;/h5-6,8-9,16,18H,2-4,7,10-13H2,1H3;1H/t16-;/m0./s1. The molecule has 0 amide bonds. The molecule has 2 aliphatic heterocycles. The van der Waals surface area contributed by atoms with Gasteiger partial charge in [0.2, 0.25) is 0 Å². The SMILES string of the molecule is CCCCCCN1C[C@@H]2Cc3ccccc3CN2C1=N.Cl. The number of nitrogens with zero attached hydrogens (tertiary/aromatic N) is 2. The zero-order chi connectivity index (χ0) is 13.9. The van der Waals surface area contributed by atoms with Crippen molar-refractivity contribution >= 4 is 18.4 Å². The second-order valence-corrected chi connectivity index (χ2v) is 6.08. The van der Waals surface area contributed by atoms with E-state index in [4.69, 9.17) is 5.41 Å². The third kappa shape index (κ3) is 3.34. The molecule has 1 aromatic carbocycles. The smallest absolute Gasteiger partial charge is 0.194 e. The van der Waals surface area contributed by atoms with Crippen molar-refractivity contribution in [1.29, 1.82) is 5.41 Å². The van der Waals surface area contributed by atoms with E-state index in [0.717, 1.165) is 32.0 Å². The Balaban J connectivity index is 0.00000161. The number of benzene rings is 1. The first-order chi connectivity index (χ1) is 9.79. The summed E-state index contributed by atoms with van der Waals surface area (Å²) in [4.78, 5) is 4.58. The minimum Gasteiger partial charge on any atom is -0.341 e. The van der Waals surface area contributed by atoms with E-state index in [1.807, 2.05) is 0 Å². The van der Waals surface area contributed by atoms with Crippen LogP contribution in [0, 0.1) is 5.41 Å². The Hall–Kier alpha value is -1.22. The predicted molar refractivity (Wildman–Crippen MR) is 90.2 cm³/mol. The molecule has 0 unspecified atom stereocenters. The topological polar surface area (TPSA) is 30.3 Å². The number of guanidine groups is 1. The van der Waals surface area contributed by atoms with E-state index in [1.165, 1.54) is 36.8 Å². The van der Waals surface area contributed by atoms with Gasteiger partial charge in [-0.3, -0.25) is 5.41 Å². The van der Waals surface area contributed by atoms with Crippen LogP contribution in [-0.2, 0) is 13.0 Å². The molecule has 1 atom stereocenters. The van der Waals surface area contributed by atoms with E-state index in [0.29, 0.717) is 6.04 Å². The summed E-state index contributed by atoms with van der Waals surface area (Å²) in [5.41, 5.74) is 2.88. The van der Waals surface area contributed by atoms with Crippen LogP contribution in [0.15, 0.2) is 24.3 Å². The first-order valence-corrected chi connectivity index (χ1v) is 7.96. The van der Waals surface area contributed by atoms with Gasteiger partial charge < -0.3 is 9.80 Å². The molecule has 21 heavy (non-hydrogen) atoms. The van der Waals surface area contributed by atoms with E-state index in [2.05, 4.69) is 41.0 Å². The Labute approximate surface area is 134 Å². The number of nitrogens with one attached hydrogen (secondary N) is 1. The normalized spacial score (nSPS) is 20.0. The second-order valence-electron chi connectivity index (χ2n) is 6.08. The Morgan fingerprint density at radius 3 is 2.67 bits per heavy atom. The zero-order valence-electron chi connectivity index (χ0n) is 12.8. The molecular formula is C17H26ClN3. The van der Waals surface area contributed by atoms with Gasteiger partial charge in [-0.05, 0) is 24.0 Å². The molecule has 116 valence electrons. The number of unbranched alkanes of at least 4 members (excludes halogenated alkanes) is 3. The lowest BCUT2D eigenvalue weighted by Gasteiger charge is -2.31. The Bertz CT molecular complexity index is 489. The summed E-state index contributed by atoms with van der Waals surface area (Å²) in [5, 5.41) is 8.40. The summed E-state index contributed by atoms with van der Waals surface area (Å²) in [6, 6.07) is 9.23. The molecule has 0 spiro atoms. The van der Waals surface area contributed by atoms with Crippen molar-refractivity contribution in [2.75, 3.05) is 13.1 Å². The lowest BCUT2D eigenvalue weighted by molar-refractivity contribution is 0.311. The average molecular weight is 308 g/mol. The summed E-state index contributed by atoms with van der Waals surface area (Å²) in [6.45, 7) is 5.27. The number of hydrogen-bond donors (Lipinski definition) is 1. The summed E-state index contributed by atoms with van der Waals surface area (Å²) in [6.07, 6.45) is 6.22. The van der Waals surface area contributed by atoms with Crippen LogP contribution in [0.25, 0.3) is 0 Å². The van der Waals surface area contributed by atoms with Crippen molar-refractivity contribution in [2.24, 2.45) is 0 Å². The molecule has 3 nitrogen and oxygen atoms in total. The molecule has 1 saturated heterocycles. The lowest BCUT2D eigenvalue weighted by atomic mass is 9.95. The maximum Gasteiger partial charge on any atom is 0.194 e. The highest BCUT2D eigenvalue weighted by Crippen LogP contribution is 2.28. The second kappa shape index (κ2) is 7.17. The minimum atomic E-state index is 0. The summed E-state index contributed by atoms with van der Waals surface area (Å²) in [5.74, 6) is 0.751. The molecule has 2 aliphatic rings. The number of halogens is 1. The minimum absolute atomic E-state index is 0. The monoisotopic (exact) mass is 307 g/mol. The van der Waals surface area contributed by atoms with Gasteiger partial charge in [0.05, 0.1) is 6.04 Å². The quantitative estimate of drug-likeness (QED) is 0.841. The molecule has 0 radical (unpaired) electrons. The van der Waals surface area contributed by atoms with Crippen LogP contribution in [0.4, 0.5) is 0 Å². The third-order valence-corrected chi connectivity index (χ3v) is 4.64. The molecule has 2 heterocycles. The van der Waals surface area contributed by atoms with Gasteiger partial charge in [0.1, 0.15) is 0 Å². The van der Waals surface area contributed by atoms with E-state index in [9.17, 15) is 0 Å².